The van der Waals surface area contributed by atoms with Crippen molar-refractivity contribution in [3.63, 3.8) is 0 Å². The Kier molecular flexibility index (Phi) is 38.5. The van der Waals surface area contributed by atoms with E-state index in [4.69, 9.17) is 5.11 Å². The lowest BCUT2D eigenvalue weighted by Gasteiger charge is -2.04. The topological polar surface area (TPSA) is 713 Å². The van der Waals surface area contributed by atoms with Gasteiger partial charge in [0.1, 0.15) is 28.5 Å². The van der Waals surface area contributed by atoms with Crippen molar-refractivity contribution in [2.45, 2.75) is 6.54 Å². The number of carboxylic acid groups (broad SMARTS) is 1. The van der Waals surface area contributed by atoms with Crippen LogP contribution in [0, 0.1) is 0 Å². The van der Waals surface area contributed by atoms with Gasteiger partial charge in [-0.05, 0) is 84.9 Å². The molecule has 122 heavy (non-hydrogen) atoms. The minimum atomic E-state index is -0.990. The molecule has 0 saturated heterocycles. The number of hydrogen-bond donors (Lipinski definition) is 8. The highest BCUT2D eigenvalue weighted by Gasteiger charge is 2.18. The summed E-state index contributed by atoms with van der Waals surface area (Å²) in [6.07, 6.45) is 15.4. The first-order valence-electron chi connectivity index (χ1n) is 33.9. The highest BCUT2D eigenvalue weighted by Crippen LogP contribution is 2.21. The van der Waals surface area contributed by atoms with E-state index in [0.717, 1.165) is 12.1 Å². The number of esters is 2. The first-order valence-corrected chi connectivity index (χ1v) is 33.9. The molecule has 53 heteroatoms. The van der Waals surface area contributed by atoms with E-state index in [-0.39, 0.29) is 133 Å². The minimum Gasteiger partial charge on any atom is -1.00 e. The Balaban J connectivity index is 0.000000229. The predicted octanol–water partition coefficient (Wildman–Crippen LogP) is -14.3. The van der Waals surface area contributed by atoms with Crippen LogP contribution in [0.15, 0.2) is 196 Å². The number of carbonyl (C=O) groups is 6. The summed E-state index contributed by atoms with van der Waals surface area (Å²) < 4.78 is 8.61. The van der Waals surface area contributed by atoms with E-state index in [1.54, 1.807) is 110 Å². The Bertz CT molecular complexity index is 5540. The molecule has 620 valence electrons. The number of halogens is 4. The van der Waals surface area contributed by atoms with Gasteiger partial charge in [0.05, 0.1) is 62.0 Å². The molecule has 0 spiro atoms. The zero-order chi connectivity index (χ0) is 83.2. The monoisotopic (exact) mass is 1730 g/mol. The van der Waals surface area contributed by atoms with Crippen molar-refractivity contribution in [3.8, 4) is 104 Å². The third-order valence-electron chi connectivity index (χ3n) is 14.3. The van der Waals surface area contributed by atoms with E-state index >= 15 is 0 Å². The Morgan fingerprint density at radius 3 is 0.885 bits per heavy atom. The van der Waals surface area contributed by atoms with Crippen molar-refractivity contribution in [2.24, 2.45) is 0 Å². The summed E-state index contributed by atoms with van der Waals surface area (Å²) >= 11 is 0. The van der Waals surface area contributed by atoms with Crippen LogP contribution in [-0.4, -0.2) is 242 Å². The molecule has 0 fully saturated rings. The van der Waals surface area contributed by atoms with E-state index in [0.29, 0.717) is 86.0 Å². The van der Waals surface area contributed by atoms with Gasteiger partial charge in [0.2, 0.25) is 64.1 Å². The van der Waals surface area contributed by atoms with Crippen molar-refractivity contribution in [1.82, 2.24) is 167 Å². The number of hydrogen-bond acceptors (Lipinski definition) is 41. The number of benzene rings is 2. The van der Waals surface area contributed by atoms with Crippen LogP contribution < -0.4 is 88.5 Å². The highest BCUT2D eigenvalue weighted by molar-refractivity contribution is 5.93. The zero-order valence-corrected chi connectivity index (χ0v) is 66.1. The van der Waals surface area contributed by atoms with Gasteiger partial charge in [-0.1, -0.05) is 48.5 Å². The van der Waals surface area contributed by atoms with Gasteiger partial charge in [0, 0.05) is 53.9 Å². The Morgan fingerprint density at radius 2 is 0.607 bits per heavy atom. The molecule has 0 bridgehead atoms. The number of carboxylic acids is 1. The fourth-order valence-corrected chi connectivity index (χ4v) is 8.49. The van der Waals surface area contributed by atoms with E-state index in [2.05, 4.69) is 216 Å². The van der Waals surface area contributed by atoms with Gasteiger partial charge >= 0.3 is 17.9 Å². The number of carbonyl (C=O) groups excluding carboxylic acids is 5. The third-order valence-corrected chi connectivity index (χ3v) is 14.3. The van der Waals surface area contributed by atoms with Crippen molar-refractivity contribution in [1.29, 1.82) is 0 Å². The van der Waals surface area contributed by atoms with Gasteiger partial charge in [0.25, 0.3) is 29.4 Å². The molecule has 16 N–H and O–H groups in total. The maximum atomic E-state index is 11.3. The normalized spacial score (nSPS) is 9.82. The number of aromatic nitrogens is 33. The maximum absolute atomic E-state index is 11.3. The molecule has 0 aliphatic carbocycles. The smallest absolute Gasteiger partial charge is 0.379 e. The molecular weight excluding hydrogens is 1670 g/mol. The third kappa shape index (κ3) is 28.6. The number of amides is 3. The van der Waals surface area contributed by atoms with Crippen molar-refractivity contribution < 1.29 is 116 Å². The lowest BCUT2D eigenvalue weighted by Crippen LogP contribution is -3.00. The molecule has 0 saturated carbocycles. The average molecular weight is 1740 g/mol. The molecule has 0 radical (unpaired) electrons. The van der Waals surface area contributed by atoms with Gasteiger partial charge in [-0.25, -0.2) is 34.3 Å². The SMILES string of the molecule is COC(=O)c1nnc(C(=O)OC)nn1.O=C(O)c1ccc(-c2nnc(-c3ncccn3)nn2)cc1.[Cl-].[Cl-].[Cl-].[Cl-].[NH3+]CC(=O)Nc1ccc(-c2nnc(-c3ccc(NC(=O)C[NH3+])cn3)nn2)nc1.[NH3+]CC(=O)Nc1ccc(-c2nnc(-c3ncccn3)nn2)nc1.[NH3+]Cc1ccc(-c2nncnn2)cc1.c1ccc(-c2nnc(-c3ccccn3)nn2)nc1. The first-order chi connectivity index (χ1) is 57.6. The standard InChI is InChI=1S/C16H16N10O2.C13H11N9O.C13H8N6O2.C12H8N6.C9H9N5.C6H6N4O4.4ClH/c17-5-13(27)21-9-1-3-11(19-7-9)15-23-25-16(26-24-15)12-4-2-10(8-20-12)22-14(28)6-18;14-6-10(23)18-8-2-3-9(17-7-8)11-19-21-13(22-20-11)12-15-4-1-5-16-12;20-13(21)9-4-2-8(3-5-9)10-16-18-12(19-17-10)11-14-6-1-7-15-11;1-3-7-13-9(5-1)11-15-17-12(18-16-11)10-6-2-4-8-14-10;10-5-7-1-3-8(4-2-7)9-13-11-6-12-14-9;1-13-5(11)3-7-9-4(10-8-3)6(12)14-2;;;;/h1-4,7-8H,5-6,17-18H2,(H,21,27)(H,22,28);1-5,7H,6,14H2,(H,18,23);1-7H,(H,20,21);1-8H;1-4,6H,5,10H2;1-2H3;4*1H. The van der Waals surface area contributed by atoms with Gasteiger partial charge < -0.3 is 103 Å². The average Bonchev–Trinajstić information content (AvgIpc) is 0.872. The fraction of sp³-hybridized carbons (Fsp3) is 0.0870. The molecule has 49 nitrogen and oxygen atoms in total. The molecule has 15 aromatic rings. The summed E-state index contributed by atoms with van der Waals surface area (Å²) in [6.45, 7) is 1.21. The Morgan fingerprint density at radius 1 is 0.311 bits per heavy atom. The van der Waals surface area contributed by atoms with Gasteiger partial charge in [-0.3, -0.25) is 39.3 Å². The first kappa shape index (κ1) is 94.7. The lowest BCUT2D eigenvalue weighted by atomic mass is 10.1. The number of nitrogens with one attached hydrogen (secondary N) is 3. The largest absolute Gasteiger partial charge is 1.00 e. The highest BCUT2D eigenvalue weighted by atomic mass is 35.5. The number of ether oxygens (including phenoxy) is 2. The van der Waals surface area contributed by atoms with E-state index in [1.807, 2.05) is 48.5 Å². The summed E-state index contributed by atoms with van der Waals surface area (Å²) in [5, 5.41) is 109. The second kappa shape index (κ2) is 49.7. The van der Waals surface area contributed by atoms with E-state index < -0.39 is 17.9 Å². The number of quaternary nitrogens is 4. The van der Waals surface area contributed by atoms with Crippen molar-refractivity contribution in [2.75, 3.05) is 49.8 Å². The van der Waals surface area contributed by atoms with Crippen LogP contribution in [-0.2, 0) is 30.4 Å². The van der Waals surface area contributed by atoms with Crippen LogP contribution >= 0.6 is 0 Å². The van der Waals surface area contributed by atoms with Crippen molar-refractivity contribution >= 4 is 52.7 Å². The summed E-state index contributed by atoms with van der Waals surface area (Å²) in [4.78, 5) is 103. The van der Waals surface area contributed by atoms with Crippen LogP contribution in [0.4, 0.5) is 17.1 Å². The summed E-state index contributed by atoms with van der Waals surface area (Å²) in [5.74, 6) is -0.273. The quantitative estimate of drug-likeness (QED) is 0.0349. The van der Waals surface area contributed by atoms with Crippen LogP contribution in [0.25, 0.3) is 104 Å². The number of methoxy groups -OCH3 is 2. The lowest BCUT2D eigenvalue weighted by molar-refractivity contribution is -0.386. The van der Waals surface area contributed by atoms with E-state index in [9.17, 15) is 28.8 Å². The molecule has 3 amide bonds. The van der Waals surface area contributed by atoms with Crippen LogP contribution in [0.1, 0.15) is 37.2 Å². The molecule has 15 rings (SSSR count). The van der Waals surface area contributed by atoms with Gasteiger partial charge in [0.15, 0.2) is 26.0 Å². The number of anilines is 3. The molecule has 0 aliphatic rings. The zero-order valence-electron chi connectivity index (χ0n) is 63.1. The Hall–Kier alpha value is -16.2. The fourth-order valence-electron chi connectivity index (χ4n) is 8.49. The van der Waals surface area contributed by atoms with Crippen LogP contribution in [0.5, 0.6) is 0 Å². The molecule has 0 atom stereocenters. The summed E-state index contributed by atoms with van der Waals surface area (Å²) in [7, 11) is 2.33. The molecule has 2 aromatic carbocycles. The molecular formula is C69H62Cl4N40O9. The maximum Gasteiger partial charge on any atom is 0.379 e. The predicted molar refractivity (Wildman–Crippen MR) is 400 cm³/mol. The van der Waals surface area contributed by atoms with E-state index in [1.165, 1.54) is 56.8 Å². The number of rotatable bonds is 19. The number of aromatic carboxylic acids is 1. The minimum absolute atomic E-state index is 0. The Labute approximate surface area is 710 Å². The summed E-state index contributed by atoms with van der Waals surface area (Å²) in [5.41, 5.74) is 21.6. The molecule has 0 unspecified atom stereocenters. The second-order valence-electron chi connectivity index (χ2n) is 22.2. The molecule has 13 heterocycles. The van der Waals surface area contributed by atoms with Crippen molar-refractivity contribution in [3.05, 3.63) is 218 Å². The number of nitrogens with zero attached hydrogens (tertiary/aromatic N) is 33. The molecule has 0 aliphatic heterocycles. The number of pyridine rings is 5. The summed E-state index contributed by atoms with van der Waals surface area (Å²) in [6, 6.07) is 38.4. The van der Waals surface area contributed by atoms with Gasteiger partial charge in [-0.15, -0.1) is 122 Å². The van der Waals surface area contributed by atoms with Crippen LogP contribution in [0.2, 0.25) is 0 Å². The van der Waals surface area contributed by atoms with Gasteiger partial charge in [-0.2, -0.15) is 0 Å². The van der Waals surface area contributed by atoms with Crippen LogP contribution in [0.3, 0.4) is 0 Å². The second-order valence-corrected chi connectivity index (χ2v) is 22.2. The molecule has 13 aromatic heterocycles.